The number of hydrogen-bond acceptors (Lipinski definition) is 2. The van der Waals surface area contributed by atoms with Gasteiger partial charge in [-0.15, -0.1) is 0 Å². The molecule has 0 atom stereocenters. The molecule has 0 saturated heterocycles. The zero-order valence-corrected chi connectivity index (χ0v) is 22.6. The van der Waals surface area contributed by atoms with Crippen molar-refractivity contribution in [2.75, 3.05) is 11.5 Å². The summed E-state index contributed by atoms with van der Waals surface area (Å²) in [6.45, 7) is 7.04. The number of benzene rings is 4. The monoisotopic (exact) mass is 488 g/mol. The third-order valence-electron chi connectivity index (χ3n) is 8.52. The topological polar surface area (TPSA) is 52.0 Å². The second kappa shape index (κ2) is 10.5. The largest absolute Gasteiger partial charge is 0.399 e. The summed E-state index contributed by atoms with van der Waals surface area (Å²) in [6.07, 6.45) is 6.85. The molecule has 1 aliphatic carbocycles. The molecule has 5 rings (SSSR count). The first-order valence-corrected chi connectivity index (χ1v) is 13.7. The second-order valence-electron chi connectivity index (χ2n) is 11.4. The Bertz CT molecular complexity index is 1260. The highest BCUT2D eigenvalue weighted by Gasteiger charge is 2.39. The molecular formula is C35H40N2. The van der Waals surface area contributed by atoms with Gasteiger partial charge in [-0.1, -0.05) is 67.6 Å². The standard InChI is InChI=1S/C35H40N2/c1-24-16-18-35(19-17-24,33-14-8-29(20-25(33)2)22-27-4-10-31(36)11-5-27)34-15-9-30(21-26(34)3)23-28-6-12-32(37)13-7-28/h4-15,20-21,24H,16-19,22-23,36-37H2,1-3H3. The van der Waals surface area contributed by atoms with Gasteiger partial charge in [0.2, 0.25) is 0 Å². The van der Waals surface area contributed by atoms with E-state index in [-0.39, 0.29) is 5.41 Å². The molecule has 37 heavy (non-hydrogen) atoms. The molecule has 0 aromatic heterocycles. The van der Waals surface area contributed by atoms with Gasteiger partial charge in [0.25, 0.3) is 0 Å². The first-order chi connectivity index (χ1) is 17.8. The summed E-state index contributed by atoms with van der Waals surface area (Å²) in [7, 11) is 0. The van der Waals surface area contributed by atoms with Crippen LogP contribution in [-0.2, 0) is 18.3 Å². The molecule has 0 radical (unpaired) electrons. The minimum absolute atomic E-state index is 0.0835. The minimum atomic E-state index is 0.0835. The number of nitrogens with two attached hydrogens (primary N) is 2. The predicted molar refractivity (Wildman–Crippen MR) is 158 cm³/mol. The van der Waals surface area contributed by atoms with Gasteiger partial charge in [0.15, 0.2) is 0 Å². The van der Waals surface area contributed by atoms with Crippen LogP contribution in [0.3, 0.4) is 0 Å². The fourth-order valence-electron chi connectivity index (χ4n) is 6.43. The number of anilines is 2. The van der Waals surface area contributed by atoms with Gasteiger partial charge < -0.3 is 11.5 Å². The van der Waals surface area contributed by atoms with E-state index in [4.69, 9.17) is 11.5 Å². The quantitative estimate of drug-likeness (QED) is 0.269. The average molecular weight is 489 g/mol. The van der Waals surface area contributed by atoms with E-state index in [1.165, 1.54) is 70.2 Å². The van der Waals surface area contributed by atoms with Crippen LogP contribution in [0, 0.1) is 19.8 Å². The number of hydrogen-bond donors (Lipinski definition) is 2. The van der Waals surface area contributed by atoms with Gasteiger partial charge in [0.05, 0.1) is 0 Å². The summed E-state index contributed by atoms with van der Waals surface area (Å²) < 4.78 is 0. The van der Waals surface area contributed by atoms with Crippen LogP contribution < -0.4 is 11.5 Å². The fraction of sp³-hybridized carbons (Fsp3) is 0.314. The molecule has 0 amide bonds. The number of nitrogen functional groups attached to an aromatic ring is 2. The van der Waals surface area contributed by atoms with Crippen LogP contribution in [0.4, 0.5) is 11.4 Å². The predicted octanol–water partition coefficient (Wildman–Crippen LogP) is 8.15. The van der Waals surface area contributed by atoms with Crippen molar-refractivity contribution in [3.63, 3.8) is 0 Å². The summed E-state index contributed by atoms with van der Waals surface area (Å²) in [4.78, 5) is 0. The number of aryl methyl sites for hydroxylation is 2. The lowest BCUT2D eigenvalue weighted by Gasteiger charge is -2.42. The van der Waals surface area contributed by atoms with E-state index in [9.17, 15) is 0 Å². The van der Waals surface area contributed by atoms with Crippen molar-refractivity contribution in [3.05, 3.63) is 129 Å². The van der Waals surface area contributed by atoms with Crippen molar-refractivity contribution in [2.24, 2.45) is 5.92 Å². The van der Waals surface area contributed by atoms with E-state index in [0.29, 0.717) is 0 Å². The molecule has 0 unspecified atom stereocenters. The first kappa shape index (κ1) is 25.1. The zero-order valence-electron chi connectivity index (χ0n) is 22.6. The third-order valence-corrected chi connectivity index (χ3v) is 8.52. The molecule has 4 aromatic rings. The number of rotatable bonds is 6. The highest BCUT2D eigenvalue weighted by Crippen LogP contribution is 2.48. The second-order valence-corrected chi connectivity index (χ2v) is 11.4. The van der Waals surface area contributed by atoms with Crippen LogP contribution in [0.15, 0.2) is 84.9 Å². The van der Waals surface area contributed by atoms with Crippen molar-refractivity contribution in [1.82, 2.24) is 0 Å². The van der Waals surface area contributed by atoms with Gasteiger partial charge in [0, 0.05) is 16.8 Å². The molecule has 1 fully saturated rings. The van der Waals surface area contributed by atoms with E-state index >= 15 is 0 Å². The van der Waals surface area contributed by atoms with E-state index in [1.807, 2.05) is 24.3 Å². The van der Waals surface area contributed by atoms with Crippen LogP contribution in [0.5, 0.6) is 0 Å². The van der Waals surface area contributed by atoms with E-state index in [1.54, 1.807) is 0 Å². The Balaban J connectivity index is 1.47. The third kappa shape index (κ3) is 5.44. The summed E-state index contributed by atoms with van der Waals surface area (Å²) in [5.41, 5.74) is 24.7. The Hall–Kier alpha value is -3.52. The Kier molecular flexibility index (Phi) is 7.11. The maximum atomic E-state index is 5.89. The van der Waals surface area contributed by atoms with Gasteiger partial charge in [-0.3, -0.25) is 0 Å². The van der Waals surface area contributed by atoms with Gasteiger partial charge in [-0.05, 0) is 127 Å². The SMILES string of the molecule is Cc1cc(Cc2ccc(N)cc2)ccc1C1(c2ccc(Cc3ccc(N)cc3)cc2C)CCC(C)CC1. The lowest BCUT2D eigenvalue weighted by molar-refractivity contribution is 0.278. The van der Waals surface area contributed by atoms with Crippen molar-refractivity contribution < 1.29 is 0 Å². The summed E-state index contributed by atoms with van der Waals surface area (Å²) in [6, 6.07) is 30.9. The van der Waals surface area contributed by atoms with Crippen LogP contribution in [0.1, 0.15) is 77.1 Å². The molecule has 4 N–H and O–H groups in total. The lowest BCUT2D eigenvalue weighted by Crippen LogP contribution is -2.34. The molecular weight excluding hydrogens is 448 g/mol. The average Bonchev–Trinajstić information content (AvgIpc) is 2.88. The molecule has 2 nitrogen and oxygen atoms in total. The van der Waals surface area contributed by atoms with Crippen molar-refractivity contribution in [3.8, 4) is 0 Å². The molecule has 2 heteroatoms. The summed E-state index contributed by atoms with van der Waals surface area (Å²) in [5, 5.41) is 0. The smallest absolute Gasteiger partial charge is 0.0314 e. The van der Waals surface area contributed by atoms with E-state index < -0.39 is 0 Å². The Morgan fingerprint density at radius 1 is 0.595 bits per heavy atom. The van der Waals surface area contributed by atoms with Crippen molar-refractivity contribution in [2.45, 2.75) is 64.7 Å². The molecule has 4 aromatic carbocycles. The summed E-state index contributed by atoms with van der Waals surface area (Å²) in [5.74, 6) is 0.795. The summed E-state index contributed by atoms with van der Waals surface area (Å²) >= 11 is 0. The minimum Gasteiger partial charge on any atom is -0.399 e. The maximum Gasteiger partial charge on any atom is 0.0314 e. The van der Waals surface area contributed by atoms with Gasteiger partial charge in [-0.25, -0.2) is 0 Å². The van der Waals surface area contributed by atoms with Crippen molar-refractivity contribution in [1.29, 1.82) is 0 Å². The molecule has 0 aliphatic heterocycles. The molecule has 0 bridgehead atoms. The van der Waals surface area contributed by atoms with Crippen molar-refractivity contribution >= 4 is 11.4 Å². The van der Waals surface area contributed by atoms with Gasteiger partial charge in [-0.2, -0.15) is 0 Å². The Morgan fingerprint density at radius 2 is 0.973 bits per heavy atom. The molecule has 0 spiro atoms. The molecule has 0 heterocycles. The van der Waals surface area contributed by atoms with E-state index in [2.05, 4.69) is 81.4 Å². The van der Waals surface area contributed by atoms with Crippen LogP contribution in [0.25, 0.3) is 0 Å². The Labute approximate surface area is 222 Å². The van der Waals surface area contributed by atoms with Gasteiger partial charge >= 0.3 is 0 Å². The maximum absolute atomic E-state index is 5.89. The fourth-order valence-corrected chi connectivity index (χ4v) is 6.43. The molecule has 1 saturated carbocycles. The van der Waals surface area contributed by atoms with Gasteiger partial charge in [0.1, 0.15) is 0 Å². The normalized spacial score (nSPS) is 15.5. The van der Waals surface area contributed by atoms with Crippen LogP contribution in [0.2, 0.25) is 0 Å². The lowest BCUT2D eigenvalue weighted by atomic mass is 9.61. The molecule has 190 valence electrons. The van der Waals surface area contributed by atoms with Crippen LogP contribution >= 0.6 is 0 Å². The zero-order chi connectivity index (χ0) is 26.0. The van der Waals surface area contributed by atoms with E-state index in [0.717, 1.165) is 30.1 Å². The highest BCUT2D eigenvalue weighted by molar-refractivity contribution is 5.50. The highest BCUT2D eigenvalue weighted by atomic mass is 14.5. The molecule has 1 aliphatic rings. The Morgan fingerprint density at radius 3 is 1.35 bits per heavy atom. The first-order valence-electron chi connectivity index (χ1n) is 13.7. The van der Waals surface area contributed by atoms with Crippen LogP contribution in [-0.4, -0.2) is 0 Å².